The first-order valence-electron chi connectivity index (χ1n) is 7.27. The molecule has 0 unspecified atom stereocenters. The molecule has 1 aliphatic heterocycles. The number of hydrogen-bond acceptors (Lipinski definition) is 4. The summed E-state index contributed by atoms with van der Waals surface area (Å²) >= 11 is 9.34. The highest BCUT2D eigenvalue weighted by Crippen LogP contribution is 2.28. The molecule has 0 atom stereocenters. The van der Waals surface area contributed by atoms with Crippen molar-refractivity contribution in [1.29, 1.82) is 0 Å². The third-order valence-electron chi connectivity index (χ3n) is 3.58. The van der Waals surface area contributed by atoms with Crippen LogP contribution in [0.15, 0.2) is 39.2 Å². The monoisotopic (exact) mass is 384 g/mol. The number of ether oxygens (including phenoxy) is 1. The molecule has 4 nitrogen and oxygen atoms in total. The Balaban J connectivity index is 1.46. The lowest BCUT2D eigenvalue weighted by atomic mass is 10.0. The van der Waals surface area contributed by atoms with Crippen molar-refractivity contribution < 1.29 is 9.15 Å². The molecule has 2 N–H and O–H groups in total. The van der Waals surface area contributed by atoms with Crippen molar-refractivity contribution >= 4 is 27.5 Å². The van der Waals surface area contributed by atoms with E-state index in [0.29, 0.717) is 11.6 Å². The van der Waals surface area contributed by atoms with Crippen LogP contribution in [0, 0.1) is 5.92 Å². The molecule has 22 heavy (non-hydrogen) atoms. The number of hydrogen-bond donors (Lipinski definition) is 2. The summed E-state index contributed by atoms with van der Waals surface area (Å²) < 4.78 is 12.3. The van der Waals surface area contributed by atoms with Crippen LogP contribution in [0.5, 0.6) is 5.75 Å². The van der Waals surface area contributed by atoms with E-state index in [2.05, 4.69) is 26.6 Å². The first-order chi connectivity index (χ1) is 10.7. The Morgan fingerprint density at radius 3 is 2.82 bits per heavy atom. The second-order valence-corrected chi connectivity index (χ2v) is 6.68. The molecule has 6 heteroatoms. The predicted molar refractivity (Wildman–Crippen MR) is 90.3 cm³/mol. The molecule has 118 valence electrons. The zero-order valence-electron chi connectivity index (χ0n) is 12.1. The van der Waals surface area contributed by atoms with E-state index in [-0.39, 0.29) is 0 Å². The zero-order chi connectivity index (χ0) is 15.4. The molecule has 0 radical (unpaired) electrons. The van der Waals surface area contributed by atoms with Gasteiger partial charge in [0, 0.05) is 24.7 Å². The number of furan rings is 1. The van der Waals surface area contributed by atoms with Gasteiger partial charge < -0.3 is 19.8 Å². The number of nitrogens with one attached hydrogen (secondary N) is 2. The summed E-state index contributed by atoms with van der Waals surface area (Å²) in [6.45, 7) is 4.39. The van der Waals surface area contributed by atoms with E-state index in [1.807, 2.05) is 24.3 Å². The van der Waals surface area contributed by atoms with E-state index in [4.69, 9.17) is 20.8 Å². The van der Waals surface area contributed by atoms with Crippen molar-refractivity contribution in [3.8, 4) is 5.75 Å². The van der Waals surface area contributed by atoms with Crippen LogP contribution in [0.3, 0.4) is 0 Å². The lowest BCUT2D eigenvalue weighted by Gasteiger charge is -2.26. The molecule has 1 aromatic heterocycles. The van der Waals surface area contributed by atoms with E-state index < -0.39 is 0 Å². The SMILES string of the molecule is Clc1ccc(OCc2ccc(CNCC3CNC3)o2)c(Br)c1. The third-order valence-corrected chi connectivity index (χ3v) is 4.43. The van der Waals surface area contributed by atoms with Gasteiger partial charge in [-0.25, -0.2) is 0 Å². The molecule has 3 rings (SSSR count). The number of benzene rings is 1. The summed E-state index contributed by atoms with van der Waals surface area (Å²) in [7, 11) is 0. The van der Waals surface area contributed by atoms with Crippen LogP contribution in [0.2, 0.25) is 5.02 Å². The lowest BCUT2D eigenvalue weighted by molar-refractivity contribution is 0.262. The van der Waals surface area contributed by atoms with Crippen LogP contribution in [-0.4, -0.2) is 19.6 Å². The predicted octanol–water partition coefficient (Wildman–Crippen LogP) is 3.58. The van der Waals surface area contributed by atoms with Crippen LogP contribution < -0.4 is 15.4 Å². The average molecular weight is 386 g/mol. The molecular weight excluding hydrogens is 368 g/mol. The smallest absolute Gasteiger partial charge is 0.146 e. The Hall–Kier alpha value is -1.01. The largest absolute Gasteiger partial charge is 0.484 e. The van der Waals surface area contributed by atoms with Crippen LogP contribution in [0.4, 0.5) is 0 Å². The maximum atomic E-state index is 5.91. The number of halogens is 2. The van der Waals surface area contributed by atoms with Gasteiger partial charge in [0.15, 0.2) is 0 Å². The van der Waals surface area contributed by atoms with E-state index in [9.17, 15) is 0 Å². The topological polar surface area (TPSA) is 46.4 Å². The van der Waals surface area contributed by atoms with Gasteiger partial charge in [-0.1, -0.05) is 11.6 Å². The van der Waals surface area contributed by atoms with Crippen LogP contribution in [0.25, 0.3) is 0 Å². The molecule has 1 aromatic carbocycles. The highest BCUT2D eigenvalue weighted by atomic mass is 79.9. The van der Waals surface area contributed by atoms with Gasteiger partial charge in [-0.05, 0) is 52.2 Å². The van der Waals surface area contributed by atoms with E-state index in [1.165, 1.54) is 0 Å². The number of rotatable bonds is 7. The van der Waals surface area contributed by atoms with E-state index >= 15 is 0 Å². The minimum Gasteiger partial charge on any atom is -0.484 e. The molecule has 1 aliphatic rings. The van der Waals surface area contributed by atoms with Gasteiger partial charge in [0.2, 0.25) is 0 Å². The lowest BCUT2D eigenvalue weighted by Crippen LogP contribution is -2.47. The Morgan fingerprint density at radius 1 is 1.27 bits per heavy atom. The molecule has 0 spiro atoms. The molecule has 0 saturated carbocycles. The van der Waals surface area contributed by atoms with Crippen LogP contribution >= 0.6 is 27.5 Å². The quantitative estimate of drug-likeness (QED) is 0.765. The van der Waals surface area contributed by atoms with Gasteiger partial charge in [0.05, 0.1) is 11.0 Å². The Labute approximate surface area is 143 Å². The summed E-state index contributed by atoms with van der Waals surface area (Å²) in [5.74, 6) is 3.24. The van der Waals surface area contributed by atoms with E-state index in [1.54, 1.807) is 6.07 Å². The molecule has 0 aliphatic carbocycles. The molecule has 1 fully saturated rings. The normalized spacial score (nSPS) is 14.8. The second kappa shape index (κ2) is 7.51. The summed E-state index contributed by atoms with van der Waals surface area (Å²) in [5, 5.41) is 7.34. The third kappa shape index (κ3) is 4.26. The standard InChI is InChI=1S/C16H18BrClN2O2/c17-15-5-12(18)1-4-16(15)21-10-14-3-2-13(22-14)9-20-8-11-6-19-7-11/h1-5,11,19-20H,6-10H2. The highest BCUT2D eigenvalue weighted by molar-refractivity contribution is 9.10. The maximum Gasteiger partial charge on any atom is 0.146 e. The van der Waals surface area contributed by atoms with Crippen LogP contribution in [0.1, 0.15) is 11.5 Å². The molecule has 2 heterocycles. The van der Waals surface area contributed by atoms with Gasteiger partial charge in [0.25, 0.3) is 0 Å². The van der Waals surface area contributed by atoms with Gasteiger partial charge >= 0.3 is 0 Å². The fourth-order valence-corrected chi connectivity index (χ4v) is 3.03. The molecule has 2 aromatic rings. The fraction of sp³-hybridized carbons (Fsp3) is 0.375. The van der Waals surface area contributed by atoms with Crippen molar-refractivity contribution in [2.24, 2.45) is 5.92 Å². The summed E-state index contributed by atoms with van der Waals surface area (Å²) in [6, 6.07) is 9.38. The van der Waals surface area contributed by atoms with Crippen molar-refractivity contribution in [2.45, 2.75) is 13.2 Å². The van der Waals surface area contributed by atoms with E-state index in [0.717, 1.165) is 53.8 Å². The summed E-state index contributed by atoms with van der Waals surface area (Å²) in [6.07, 6.45) is 0. The van der Waals surface area contributed by atoms with Crippen molar-refractivity contribution in [3.63, 3.8) is 0 Å². The maximum absolute atomic E-state index is 5.91. The Morgan fingerprint density at radius 2 is 2.09 bits per heavy atom. The van der Waals surface area contributed by atoms with Crippen molar-refractivity contribution in [1.82, 2.24) is 10.6 Å². The van der Waals surface area contributed by atoms with Crippen LogP contribution in [-0.2, 0) is 13.2 Å². The Bertz CT molecular complexity index is 628. The first-order valence-corrected chi connectivity index (χ1v) is 8.44. The molecule has 0 amide bonds. The van der Waals surface area contributed by atoms with Gasteiger partial charge in [-0.3, -0.25) is 0 Å². The van der Waals surface area contributed by atoms with Gasteiger partial charge in [-0.15, -0.1) is 0 Å². The Kier molecular flexibility index (Phi) is 5.41. The zero-order valence-corrected chi connectivity index (χ0v) is 14.4. The molecule has 0 bridgehead atoms. The molecule has 1 saturated heterocycles. The minimum atomic E-state index is 0.396. The summed E-state index contributed by atoms with van der Waals surface area (Å²) in [4.78, 5) is 0. The highest BCUT2D eigenvalue weighted by Gasteiger charge is 2.15. The first kappa shape index (κ1) is 15.9. The minimum absolute atomic E-state index is 0.396. The van der Waals surface area contributed by atoms with Gasteiger partial charge in [-0.2, -0.15) is 0 Å². The van der Waals surface area contributed by atoms with Gasteiger partial charge in [0.1, 0.15) is 23.9 Å². The summed E-state index contributed by atoms with van der Waals surface area (Å²) in [5.41, 5.74) is 0. The van der Waals surface area contributed by atoms with Crippen molar-refractivity contribution in [3.05, 3.63) is 51.3 Å². The average Bonchev–Trinajstić information content (AvgIpc) is 2.88. The molecular formula is C16H18BrClN2O2. The fourth-order valence-electron chi connectivity index (χ4n) is 2.23. The van der Waals surface area contributed by atoms with Crippen molar-refractivity contribution in [2.75, 3.05) is 19.6 Å². The second-order valence-electron chi connectivity index (χ2n) is 5.39.